The van der Waals surface area contributed by atoms with E-state index in [-0.39, 0.29) is 11.7 Å². The van der Waals surface area contributed by atoms with Crippen LogP contribution >= 0.6 is 0 Å². The van der Waals surface area contributed by atoms with Gasteiger partial charge >= 0.3 is 0 Å². The van der Waals surface area contributed by atoms with E-state index in [9.17, 15) is 9.90 Å². The zero-order valence-electron chi connectivity index (χ0n) is 11.3. The second-order valence-electron chi connectivity index (χ2n) is 4.45. The number of hydrogen-bond acceptors (Lipinski definition) is 4. The van der Waals surface area contributed by atoms with Crippen molar-refractivity contribution in [2.45, 2.75) is 13.5 Å². The van der Waals surface area contributed by atoms with Crippen LogP contribution < -0.4 is 5.73 Å². The predicted octanol–water partition coefficient (Wildman–Crippen LogP) is 2.03. The molecule has 104 valence electrons. The first-order chi connectivity index (χ1) is 9.61. The Bertz CT molecular complexity index is 599. The van der Waals surface area contributed by atoms with E-state index < -0.39 is 0 Å². The van der Waals surface area contributed by atoms with Crippen LogP contribution in [-0.4, -0.2) is 27.4 Å². The summed E-state index contributed by atoms with van der Waals surface area (Å²) in [6.07, 6.45) is 3.38. The minimum atomic E-state index is -0.197. The molecule has 0 aliphatic heterocycles. The van der Waals surface area contributed by atoms with Crippen molar-refractivity contribution < 1.29 is 9.90 Å². The number of benzene rings is 1. The molecule has 0 atom stereocenters. The molecular weight excluding hydrogens is 254 g/mol. The van der Waals surface area contributed by atoms with E-state index in [1.165, 1.54) is 18.2 Å². The Kier molecular flexibility index (Phi) is 4.20. The van der Waals surface area contributed by atoms with Crippen molar-refractivity contribution in [1.29, 1.82) is 0 Å². The first-order valence-corrected chi connectivity index (χ1v) is 6.38. The van der Waals surface area contributed by atoms with E-state index >= 15 is 0 Å². The average molecular weight is 271 g/mol. The third-order valence-corrected chi connectivity index (χ3v) is 3.06. The Morgan fingerprint density at radius 1 is 1.30 bits per heavy atom. The molecule has 1 aromatic carbocycles. The number of anilines is 1. The molecule has 1 aromatic heterocycles. The van der Waals surface area contributed by atoms with E-state index in [0.717, 1.165) is 5.56 Å². The molecule has 3 N–H and O–H groups in total. The topological polar surface area (TPSA) is 79.5 Å². The Morgan fingerprint density at radius 2 is 2.00 bits per heavy atom. The van der Waals surface area contributed by atoms with E-state index in [2.05, 4.69) is 4.98 Å². The van der Waals surface area contributed by atoms with Gasteiger partial charge < -0.3 is 15.7 Å². The van der Waals surface area contributed by atoms with Gasteiger partial charge in [-0.05, 0) is 42.8 Å². The highest BCUT2D eigenvalue weighted by atomic mass is 16.3. The van der Waals surface area contributed by atoms with Crippen molar-refractivity contribution in [3.8, 4) is 5.75 Å². The second-order valence-corrected chi connectivity index (χ2v) is 4.45. The van der Waals surface area contributed by atoms with Crippen LogP contribution in [0, 0.1) is 0 Å². The van der Waals surface area contributed by atoms with Gasteiger partial charge in [0, 0.05) is 31.2 Å². The number of carbonyl (C=O) groups is 1. The third-order valence-electron chi connectivity index (χ3n) is 3.06. The minimum Gasteiger partial charge on any atom is -0.508 e. The lowest BCUT2D eigenvalue weighted by Gasteiger charge is -2.21. The van der Waals surface area contributed by atoms with E-state index in [1.807, 2.05) is 19.1 Å². The number of aromatic nitrogens is 1. The standard InChI is InChI=1S/C15H17N3O2/c1-2-18(10-11-5-7-17-8-6-11)15(20)13-9-12(19)3-4-14(13)16/h3-9,19H,2,10,16H2,1H3. The zero-order valence-corrected chi connectivity index (χ0v) is 11.3. The molecule has 5 heteroatoms. The summed E-state index contributed by atoms with van der Waals surface area (Å²) in [6, 6.07) is 8.12. The van der Waals surface area contributed by atoms with Gasteiger partial charge in [0.15, 0.2) is 0 Å². The van der Waals surface area contributed by atoms with Gasteiger partial charge in [-0.1, -0.05) is 0 Å². The summed E-state index contributed by atoms with van der Waals surface area (Å²) >= 11 is 0. The first kappa shape index (κ1) is 13.9. The summed E-state index contributed by atoms with van der Waals surface area (Å²) in [5, 5.41) is 9.50. The second kappa shape index (κ2) is 6.06. The third kappa shape index (κ3) is 3.06. The maximum Gasteiger partial charge on any atom is 0.256 e. The van der Waals surface area contributed by atoms with Crippen LogP contribution in [0.5, 0.6) is 5.75 Å². The van der Waals surface area contributed by atoms with Gasteiger partial charge in [0.25, 0.3) is 5.91 Å². The van der Waals surface area contributed by atoms with Gasteiger partial charge in [-0.2, -0.15) is 0 Å². The van der Waals surface area contributed by atoms with E-state index in [0.29, 0.717) is 24.3 Å². The van der Waals surface area contributed by atoms with Crippen LogP contribution in [0.1, 0.15) is 22.8 Å². The van der Waals surface area contributed by atoms with Gasteiger partial charge in [-0.3, -0.25) is 9.78 Å². The molecule has 0 unspecified atom stereocenters. The zero-order chi connectivity index (χ0) is 14.5. The number of phenols is 1. The van der Waals surface area contributed by atoms with Gasteiger partial charge in [-0.15, -0.1) is 0 Å². The van der Waals surface area contributed by atoms with Crippen LogP contribution in [0.2, 0.25) is 0 Å². The molecule has 0 saturated heterocycles. The number of amides is 1. The fourth-order valence-corrected chi connectivity index (χ4v) is 1.94. The Balaban J connectivity index is 2.23. The normalized spacial score (nSPS) is 10.2. The Morgan fingerprint density at radius 3 is 2.65 bits per heavy atom. The van der Waals surface area contributed by atoms with Crippen molar-refractivity contribution in [3.63, 3.8) is 0 Å². The van der Waals surface area contributed by atoms with Crippen molar-refractivity contribution in [2.24, 2.45) is 0 Å². The van der Waals surface area contributed by atoms with Gasteiger partial charge in [0.05, 0.1) is 5.56 Å². The Labute approximate surface area is 117 Å². The molecular formula is C15H17N3O2. The number of carbonyl (C=O) groups excluding carboxylic acids is 1. The van der Waals surface area contributed by atoms with Crippen molar-refractivity contribution in [3.05, 3.63) is 53.9 Å². The summed E-state index contributed by atoms with van der Waals surface area (Å²) in [4.78, 5) is 18.1. The summed E-state index contributed by atoms with van der Waals surface area (Å²) in [5.41, 5.74) is 7.48. The van der Waals surface area contributed by atoms with Crippen LogP contribution in [-0.2, 0) is 6.54 Å². The quantitative estimate of drug-likeness (QED) is 0.658. The predicted molar refractivity (Wildman–Crippen MR) is 77.2 cm³/mol. The van der Waals surface area contributed by atoms with Crippen LogP contribution in [0.15, 0.2) is 42.7 Å². The van der Waals surface area contributed by atoms with Crippen molar-refractivity contribution >= 4 is 11.6 Å². The van der Waals surface area contributed by atoms with Gasteiger partial charge in [0.2, 0.25) is 0 Å². The molecule has 0 fully saturated rings. The largest absolute Gasteiger partial charge is 0.508 e. The lowest BCUT2D eigenvalue weighted by atomic mass is 10.1. The van der Waals surface area contributed by atoms with Crippen LogP contribution in [0.3, 0.4) is 0 Å². The van der Waals surface area contributed by atoms with Crippen LogP contribution in [0.4, 0.5) is 5.69 Å². The Hall–Kier alpha value is -2.56. The summed E-state index contributed by atoms with van der Waals surface area (Å²) in [7, 11) is 0. The van der Waals surface area contributed by atoms with Crippen molar-refractivity contribution in [1.82, 2.24) is 9.88 Å². The molecule has 5 nitrogen and oxygen atoms in total. The molecule has 0 spiro atoms. The molecule has 0 aliphatic rings. The lowest BCUT2D eigenvalue weighted by Crippen LogP contribution is -2.30. The van der Waals surface area contributed by atoms with E-state index in [4.69, 9.17) is 5.73 Å². The molecule has 20 heavy (non-hydrogen) atoms. The molecule has 0 bridgehead atoms. The molecule has 1 heterocycles. The minimum absolute atomic E-state index is 0.0301. The highest BCUT2D eigenvalue weighted by Crippen LogP contribution is 2.21. The number of aromatic hydroxyl groups is 1. The maximum absolute atomic E-state index is 12.5. The number of pyridine rings is 1. The summed E-state index contributed by atoms with van der Waals surface area (Å²) < 4.78 is 0. The molecule has 2 rings (SSSR count). The van der Waals surface area contributed by atoms with Gasteiger partial charge in [-0.25, -0.2) is 0 Å². The smallest absolute Gasteiger partial charge is 0.256 e. The highest BCUT2D eigenvalue weighted by molar-refractivity contribution is 5.99. The monoisotopic (exact) mass is 271 g/mol. The molecule has 0 radical (unpaired) electrons. The lowest BCUT2D eigenvalue weighted by molar-refractivity contribution is 0.0753. The van der Waals surface area contributed by atoms with E-state index in [1.54, 1.807) is 17.3 Å². The summed E-state index contributed by atoms with van der Waals surface area (Å²) in [5.74, 6) is -0.166. The number of phenolic OH excluding ortho intramolecular Hbond substituents is 1. The highest BCUT2D eigenvalue weighted by Gasteiger charge is 2.17. The first-order valence-electron chi connectivity index (χ1n) is 6.38. The molecule has 0 saturated carbocycles. The summed E-state index contributed by atoms with van der Waals surface area (Å²) in [6.45, 7) is 2.93. The fraction of sp³-hybridized carbons (Fsp3) is 0.200. The maximum atomic E-state index is 12.5. The van der Waals surface area contributed by atoms with Crippen LogP contribution in [0.25, 0.3) is 0 Å². The number of nitrogens with zero attached hydrogens (tertiary/aromatic N) is 2. The number of nitrogens with two attached hydrogens (primary N) is 1. The average Bonchev–Trinajstić information content (AvgIpc) is 2.47. The SMILES string of the molecule is CCN(Cc1ccncc1)C(=O)c1cc(O)ccc1N. The number of nitrogen functional groups attached to an aromatic ring is 1. The van der Waals surface area contributed by atoms with Crippen molar-refractivity contribution in [2.75, 3.05) is 12.3 Å². The number of rotatable bonds is 4. The fourth-order valence-electron chi connectivity index (χ4n) is 1.94. The molecule has 2 aromatic rings. The number of hydrogen-bond donors (Lipinski definition) is 2. The molecule has 0 aliphatic carbocycles. The molecule has 1 amide bonds. The van der Waals surface area contributed by atoms with Gasteiger partial charge in [0.1, 0.15) is 5.75 Å².